The van der Waals surface area contributed by atoms with Crippen molar-refractivity contribution < 1.29 is 14.8 Å². The third-order valence-corrected chi connectivity index (χ3v) is 2.51. The largest absolute Gasteiger partial charge is 0.478 e. The van der Waals surface area contributed by atoms with E-state index in [9.17, 15) is 14.9 Å². The number of terminal acetylenes is 1. The predicted octanol–water partition coefficient (Wildman–Crippen LogP) is 1.90. The number of pyridine rings is 1. The molecule has 0 aliphatic heterocycles. The number of nitro groups is 1. The van der Waals surface area contributed by atoms with E-state index < -0.39 is 10.9 Å². The van der Waals surface area contributed by atoms with Gasteiger partial charge in [-0.1, -0.05) is 6.92 Å². The van der Waals surface area contributed by atoms with Crippen LogP contribution in [0.2, 0.25) is 0 Å². The Morgan fingerprint density at radius 1 is 1.74 bits per heavy atom. The van der Waals surface area contributed by atoms with Crippen LogP contribution in [0.4, 0.5) is 11.5 Å². The fourth-order valence-corrected chi connectivity index (χ4v) is 1.46. The lowest BCUT2D eigenvalue weighted by atomic mass is 10.1. The van der Waals surface area contributed by atoms with E-state index in [2.05, 4.69) is 16.2 Å². The van der Waals surface area contributed by atoms with E-state index in [0.717, 1.165) is 12.3 Å². The number of nitrogens with zero attached hydrogens (tertiary/aromatic N) is 2. The molecule has 0 saturated carbocycles. The molecule has 0 aliphatic rings. The highest BCUT2D eigenvalue weighted by Crippen LogP contribution is 2.20. The number of carboxylic acid groups (broad SMARTS) is 1. The number of carboxylic acids is 1. The highest BCUT2D eigenvalue weighted by molar-refractivity contribution is 5.93. The third-order valence-electron chi connectivity index (χ3n) is 2.51. The molecule has 7 nitrogen and oxygen atoms in total. The Morgan fingerprint density at radius 3 is 2.89 bits per heavy atom. The maximum atomic E-state index is 11.1. The average Bonchev–Trinajstić information content (AvgIpc) is 2.37. The first-order chi connectivity index (χ1) is 8.99. The van der Waals surface area contributed by atoms with Crippen molar-refractivity contribution >= 4 is 17.5 Å². The maximum Gasteiger partial charge on any atom is 0.339 e. The van der Waals surface area contributed by atoms with Crippen molar-refractivity contribution in [2.45, 2.75) is 25.8 Å². The van der Waals surface area contributed by atoms with Crippen LogP contribution >= 0.6 is 0 Å². The van der Waals surface area contributed by atoms with Gasteiger partial charge in [0.2, 0.25) is 0 Å². The normalized spacial score (nSPS) is 11.4. The van der Waals surface area contributed by atoms with E-state index in [0.29, 0.717) is 12.8 Å². The van der Waals surface area contributed by atoms with Crippen LogP contribution in [0.5, 0.6) is 0 Å². The summed E-state index contributed by atoms with van der Waals surface area (Å²) in [7, 11) is 0. The Hall–Kier alpha value is -2.62. The molecule has 0 amide bonds. The molecular formula is C12H13N3O4. The van der Waals surface area contributed by atoms with Crippen LogP contribution in [0.1, 0.15) is 30.1 Å². The second-order valence-corrected chi connectivity index (χ2v) is 3.81. The smallest absolute Gasteiger partial charge is 0.339 e. The fraction of sp³-hybridized carbons (Fsp3) is 0.333. The van der Waals surface area contributed by atoms with E-state index in [4.69, 9.17) is 11.5 Å². The van der Waals surface area contributed by atoms with E-state index in [1.807, 2.05) is 6.92 Å². The molecule has 0 bridgehead atoms. The second kappa shape index (κ2) is 6.35. The lowest BCUT2D eigenvalue weighted by Gasteiger charge is -2.16. The van der Waals surface area contributed by atoms with Gasteiger partial charge in [0.1, 0.15) is 17.6 Å². The van der Waals surface area contributed by atoms with Gasteiger partial charge >= 0.3 is 5.97 Å². The van der Waals surface area contributed by atoms with Crippen molar-refractivity contribution in [3.63, 3.8) is 0 Å². The van der Waals surface area contributed by atoms with Gasteiger partial charge < -0.3 is 10.4 Å². The zero-order chi connectivity index (χ0) is 14.4. The number of aromatic carboxylic acids is 1. The number of nitrogens with one attached hydrogen (secondary N) is 1. The van der Waals surface area contributed by atoms with Gasteiger partial charge in [-0.3, -0.25) is 10.1 Å². The number of hydrogen-bond donors (Lipinski definition) is 2. The zero-order valence-electron chi connectivity index (χ0n) is 10.3. The molecule has 7 heteroatoms. The summed E-state index contributed by atoms with van der Waals surface area (Å²) in [5, 5.41) is 22.5. The van der Waals surface area contributed by atoms with Gasteiger partial charge in [0.25, 0.3) is 5.69 Å². The van der Waals surface area contributed by atoms with Crippen molar-refractivity contribution in [3.8, 4) is 12.3 Å². The topological polar surface area (TPSA) is 105 Å². The van der Waals surface area contributed by atoms with E-state index in [1.54, 1.807) is 0 Å². The average molecular weight is 263 g/mol. The van der Waals surface area contributed by atoms with Crippen molar-refractivity contribution in [3.05, 3.63) is 27.9 Å². The summed E-state index contributed by atoms with van der Waals surface area (Å²) in [6, 6.07) is 0.845. The minimum absolute atomic E-state index is 0.0835. The van der Waals surface area contributed by atoms with Gasteiger partial charge in [0.05, 0.1) is 4.92 Å². The van der Waals surface area contributed by atoms with Gasteiger partial charge in [-0.15, -0.1) is 12.3 Å². The van der Waals surface area contributed by atoms with Crippen molar-refractivity contribution in [2.75, 3.05) is 5.32 Å². The highest BCUT2D eigenvalue weighted by Gasteiger charge is 2.19. The van der Waals surface area contributed by atoms with Crippen LogP contribution in [0, 0.1) is 22.5 Å². The molecule has 2 N–H and O–H groups in total. The van der Waals surface area contributed by atoms with Gasteiger partial charge in [0, 0.05) is 18.5 Å². The first kappa shape index (κ1) is 14.4. The summed E-state index contributed by atoms with van der Waals surface area (Å²) in [5.41, 5.74) is -0.613. The molecule has 100 valence electrons. The zero-order valence-corrected chi connectivity index (χ0v) is 10.3. The molecule has 0 aliphatic carbocycles. The molecule has 1 atom stereocenters. The minimum Gasteiger partial charge on any atom is -0.478 e. The monoisotopic (exact) mass is 263 g/mol. The SMILES string of the molecule is C#CCC(CC)Nc1ncc([N+](=O)[O-])cc1C(=O)O. The number of anilines is 1. The lowest BCUT2D eigenvalue weighted by molar-refractivity contribution is -0.385. The van der Waals surface area contributed by atoms with E-state index in [1.165, 1.54) is 0 Å². The number of hydrogen-bond acceptors (Lipinski definition) is 5. The van der Waals surface area contributed by atoms with Crippen LogP contribution in [0.25, 0.3) is 0 Å². The van der Waals surface area contributed by atoms with Crippen LogP contribution < -0.4 is 5.32 Å². The lowest BCUT2D eigenvalue weighted by Crippen LogP contribution is -2.20. The highest BCUT2D eigenvalue weighted by atomic mass is 16.6. The maximum absolute atomic E-state index is 11.1. The van der Waals surface area contributed by atoms with Gasteiger partial charge in [-0.05, 0) is 6.42 Å². The van der Waals surface area contributed by atoms with E-state index >= 15 is 0 Å². The number of carbonyl (C=O) groups is 1. The Bertz CT molecular complexity index is 536. The van der Waals surface area contributed by atoms with Crippen LogP contribution in [0.15, 0.2) is 12.3 Å². The summed E-state index contributed by atoms with van der Waals surface area (Å²) >= 11 is 0. The number of aromatic nitrogens is 1. The minimum atomic E-state index is -1.28. The molecule has 0 fully saturated rings. The first-order valence-corrected chi connectivity index (χ1v) is 5.57. The molecule has 1 aromatic heterocycles. The summed E-state index contributed by atoms with van der Waals surface area (Å²) in [6.07, 6.45) is 7.31. The summed E-state index contributed by atoms with van der Waals surface area (Å²) in [6.45, 7) is 1.89. The molecule has 1 heterocycles. The van der Waals surface area contributed by atoms with Crippen molar-refractivity contribution in [2.24, 2.45) is 0 Å². The quantitative estimate of drug-likeness (QED) is 0.461. The Labute approximate surface area is 109 Å². The third kappa shape index (κ3) is 3.67. The fourth-order valence-electron chi connectivity index (χ4n) is 1.46. The molecular weight excluding hydrogens is 250 g/mol. The van der Waals surface area contributed by atoms with E-state index in [-0.39, 0.29) is 23.1 Å². The van der Waals surface area contributed by atoms with Crippen molar-refractivity contribution in [1.29, 1.82) is 0 Å². The molecule has 1 rings (SSSR count). The van der Waals surface area contributed by atoms with Crippen LogP contribution in [-0.4, -0.2) is 27.0 Å². The summed E-state index contributed by atoms with van der Waals surface area (Å²) in [4.78, 5) is 24.8. The van der Waals surface area contributed by atoms with Gasteiger partial charge in [-0.25, -0.2) is 9.78 Å². The molecule has 0 spiro atoms. The Balaban J connectivity index is 3.10. The predicted molar refractivity (Wildman–Crippen MR) is 69.0 cm³/mol. The van der Waals surface area contributed by atoms with Crippen LogP contribution in [-0.2, 0) is 0 Å². The standard InChI is InChI=1S/C12H13N3O4/c1-3-5-8(4-2)14-11-10(12(16)17)6-9(7-13-11)15(18)19/h1,6-8H,4-5H2,2H3,(H,13,14)(H,16,17). The summed E-state index contributed by atoms with van der Waals surface area (Å²) < 4.78 is 0. The Kier molecular flexibility index (Phi) is 4.83. The molecule has 0 saturated heterocycles. The Morgan fingerprint density at radius 2 is 2.42 bits per heavy atom. The molecule has 19 heavy (non-hydrogen) atoms. The molecule has 0 aromatic carbocycles. The molecule has 1 unspecified atom stereocenters. The van der Waals surface area contributed by atoms with Gasteiger partial charge in [0.15, 0.2) is 0 Å². The van der Waals surface area contributed by atoms with Crippen molar-refractivity contribution in [1.82, 2.24) is 4.98 Å². The number of rotatable bonds is 6. The first-order valence-electron chi connectivity index (χ1n) is 5.57. The van der Waals surface area contributed by atoms with Gasteiger partial charge in [-0.2, -0.15) is 0 Å². The van der Waals surface area contributed by atoms with Crippen LogP contribution in [0.3, 0.4) is 0 Å². The summed E-state index contributed by atoms with van der Waals surface area (Å²) in [5.74, 6) is 1.27. The molecule has 0 radical (unpaired) electrons. The molecule has 1 aromatic rings. The second-order valence-electron chi connectivity index (χ2n) is 3.81.